The van der Waals surface area contributed by atoms with Gasteiger partial charge in [-0.15, -0.1) is 0 Å². The maximum atomic E-state index is 4.53. The smallest absolute Gasteiger partial charge is 0.122 e. The lowest BCUT2D eigenvalue weighted by Crippen LogP contribution is -2.45. The number of hydrogen-bond donors (Lipinski definition) is 0. The fourth-order valence-electron chi connectivity index (χ4n) is 3.27. The summed E-state index contributed by atoms with van der Waals surface area (Å²) in [6.07, 6.45) is 5.19. The van der Waals surface area contributed by atoms with Crippen LogP contribution in [-0.2, 0) is 19.6 Å². The Morgan fingerprint density at radius 1 is 1.00 bits per heavy atom. The van der Waals surface area contributed by atoms with Crippen molar-refractivity contribution in [3.63, 3.8) is 0 Å². The summed E-state index contributed by atoms with van der Waals surface area (Å²) in [4.78, 5) is 9.63. The Morgan fingerprint density at radius 2 is 1.70 bits per heavy atom. The third-order valence-corrected chi connectivity index (χ3v) is 4.75. The summed E-state index contributed by atoms with van der Waals surface area (Å²) in [6.45, 7) is 12.1. The van der Waals surface area contributed by atoms with E-state index >= 15 is 0 Å². The van der Waals surface area contributed by atoms with Crippen LogP contribution in [0.15, 0.2) is 36.7 Å². The molecule has 1 aromatic heterocycles. The first-order valence-corrected chi connectivity index (χ1v) is 8.75. The van der Waals surface area contributed by atoms with Crippen LogP contribution < -0.4 is 0 Å². The molecule has 0 aliphatic carbocycles. The van der Waals surface area contributed by atoms with Crippen LogP contribution in [0.3, 0.4) is 0 Å². The van der Waals surface area contributed by atoms with Crippen LogP contribution in [0, 0.1) is 6.92 Å². The minimum absolute atomic E-state index is 0.977. The van der Waals surface area contributed by atoms with Crippen molar-refractivity contribution < 1.29 is 0 Å². The number of aromatic nitrogens is 2. The van der Waals surface area contributed by atoms with Gasteiger partial charge in [-0.1, -0.05) is 31.2 Å². The minimum Gasteiger partial charge on any atom is -0.334 e. The molecule has 0 unspecified atom stereocenters. The topological polar surface area (TPSA) is 24.3 Å². The van der Waals surface area contributed by atoms with Gasteiger partial charge in [0.2, 0.25) is 0 Å². The number of nitrogens with zero attached hydrogens (tertiary/aromatic N) is 4. The van der Waals surface area contributed by atoms with E-state index in [-0.39, 0.29) is 0 Å². The summed E-state index contributed by atoms with van der Waals surface area (Å²) >= 11 is 0. The van der Waals surface area contributed by atoms with Gasteiger partial charge in [-0.3, -0.25) is 9.80 Å². The Kier molecular flexibility index (Phi) is 5.47. The molecule has 3 rings (SSSR count). The van der Waals surface area contributed by atoms with E-state index < -0.39 is 0 Å². The molecule has 0 bridgehead atoms. The highest BCUT2D eigenvalue weighted by Gasteiger charge is 2.18. The van der Waals surface area contributed by atoms with Crippen LogP contribution in [0.5, 0.6) is 0 Å². The summed E-state index contributed by atoms with van der Waals surface area (Å²) in [5.41, 5.74) is 2.86. The van der Waals surface area contributed by atoms with Crippen LogP contribution in [0.4, 0.5) is 0 Å². The third kappa shape index (κ3) is 4.21. The van der Waals surface area contributed by atoms with Gasteiger partial charge in [0.15, 0.2) is 0 Å². The second-order valence-electron chi connectivity index (χ2n) is 6.52. The van der Waals surface area contributed by atoms with E-state index in [2.05, 4.69) is 63.7 Å². The largest absolute Gasteiger partial charge is 0.334 e. The van der Waals surface area contributed by atoms with Crippen molar-refractivity contribution in [3.05, 3.63) is 53.6 Å². The van der Waals surface area contributed by atoms with Gasteiger partial charge in [0.05, 0.1) is 6.54 Å². The van der Waals surface area contributed by atoms with E-state index in [9.17, 15) is 0 Å². The summed E-state index contributed by atoms with van der Waals surface area (Å²) < 4.78 is 2.29. The molecule has 2 heterocycles. The Labute approximate surface area is 139 Å². The molecule has 0 spiro atoms. The lowest BCUT2D eigenvalue weighted by atomic mass is 10.1. The van der Waals surface area contributed by atoms with E-state index in [0.29, 0.717) is 0 Å². The van der Waals surface area contributed by atoms with Crippen LogP contribution in [0.25, 0.3) is 0 Å². The van der Waals surface area contributed by atoms with Crippen molar-refractivity contribution >= 4 is 0 Å². The number of imidazole rings is 1. The third-order valence-electron chi connectivity index (χ3n) is 4.75. The molecule has 1 aliphatic heterocycles. The Morgan fingerprint density at radius 3 is 2.39 bits per heavy atom. The first kappa shape index (κ1) is 16.2. The van der Waals surface area contributed by atoms with Crippen LogP contribution in [0.2, 0.25) is 0 Å². The Balaban J connectivity index is 1.50. The van der Waals surface area contributed by atoms with Crippen molar-refractivity contribution in [2.45, 2.75) is 39.9 Å². The molecule has 0 N–H and O–H groups in total. The molecular weight excluding hydrogens is 284 g/mol. The number of aryl methyl sites for hydroxylation is 2. The average molecular weight is 312 g/mol. The first-order chi connectivity index (χ1) is 11.3. The van der Waals surface area contributed by atoms with E-state index in [0.717, 1.165) is 52.2 Å². The molecule has 1 saturated heterocycles. The summed E-state index contributed by atoms with van der Waals surface area (Å²) in [6, 6.07) is 8.73. The van der Waals surface area contributed by atoms with Gasteiger partial charge in [-0.2, -0.15) is 0 Å². The quantitative estimate of drug-likeness (QED) is 0.820. The van der Waals surface area contributed by atoms with E-state index in [1.807, 2.05) is 6.20 Å². The molecule has 4 heteroatoms. The molecule has 4 nitrogen and oxygen atoms in total. The zero-order chi connectivity index (χ0) is 16.1. The predicted octanol–water partition coefficient (Wildman–Crippen LogP) is 2.92. The molecule has 0 atom stereocenters. The highest BCUT2D eigenvalue weighted by atomic mass is 15.3. The Bertz CT molecular complexity index is 611. The second-order valence-corrected chi connectivity index (χ2v) is 6.52. The van der Waals surface area contributed by atoms with E-state index in [1.165, 1.54) is 17.0 Å². The van der Waals surface area contributed by atoms with E-state index in [4.69, 9.17) is 0 Å². The molecule has 0 saturated carbocycles. The molecule has 2 aromatic rings. The van der Waals surface area contributed by atoms with E-state index in [1.54, 1.807) is 0 Å². The van der Waals surface area contributed by atoms with Crippen LogP contribution in [0.1, 0.15) is 30.3 Å². The normalized spacial score (nSPS) is 16.8. The summed E-state index contributed by atoms with van der Waals surface area (Å²) in [7, 11) is 0. The molecule has 1 fully saturated rings. The lowest BCUT2D eigenvalue weighted by Gasteiger charge is -2.34. The predicted molar refractivity (Wildman–Crippen MR) is 94.3 cm³/mol. The van der Waals surface area contributed by atoms with Gasteiger partial charge in [-0.05, 0) is 24.5 Å². The maximum Gasteiger partial charge on any atom is 0.122 e. The standard InChI is InChI=1S/C19H28N4/c1-3-9-23-10-8-20-19(23)16-22-13-11-21(12-14-22)15-18-7-5-4-6-17(18)2/h4-8,10H,3,9,11-16H2,1-2H3. The molecule has 124 valence electrons. The van der Waals surface area contributed by atoms with Crippen molar-refractivity contribution in [1.82, 2.24) is 19.4 Å². The average Bonchev–Trinajstić information content (AvgIpc) is 2.99. The van der Waals surface area contributed by atoms with Crippen LogP contribution in [-0.4, -0.2) is 45.5 Å². The van der Waals surface area contributed by atoms with Gasteiger partial charge in [0, 0.05) is 51.7 Å². The van der Waals surface area contributed by atoms with Crippen molar-refractivity contribution in [3.8, 4) is 0 Å². The molecule has 0 amide bonds. The van der Waals surface area contributed by atoms with Crippen molar-refractivity contribution in [2.75, 3.05) is 26.2 Å². The highest BCUT2D eigenvalue weighted by molar-refractivity contribution is 5.25. The number of hydrogen-bond acceptors (Lipinski definition) is 3. The lowest BCUT2D eigenvalue weighted by molar-refractivity contribution is 0.118. The van der Waals surface area contributed by atoms with Gasteiger partial charge >= 0.3 is 0 Å². The monoisotopic (exact) mass is 312 g/mol. The fourth-order valence-corrected chi connectivity index (χ4v) is 3.27. The number of rotatable bonds is 6. The van der Waals surface area contributed by atoms with Gasteiger partial charge in [0.1, 0.15) is 5.82 Å². The summed E-state index contributed by atoms with van der Waals surface area (Å²) in [5.74, 6) is 1.21. The maximum absolute atomic E-state index is 4.53. The number of benzene rings is 1. The first-order valence-electron chi connectivity index (χ1n) is 8.75. The molecule has 1 aliphatic rings. The number of piperazine rings is 1. The molecule has 1 aromatic carbocycles. The van der Waals surface area contributed by atoms with Crippen LogP contribution >= 0.6 is 0 Å². The summed E-state index contributed by atoms with van der Waals surface area (Å²) in [5, 5.41) is 0. The van der Waals surface area contributed by atoms with Crippen molar-refractivity contribution in [1.29, 1.82) is 0 Å². The van der Waals surface area contributed by atoms with Gasteiger partial charge < -0.3 is 4.57 Å². The Hall–Kier alpha value is -1.65. The molecular formula is C19H28N4. The second kappa shape index (κ2) is 7.75. The fraction of sp³-hybridized carbons (Fsp3) is 0.526. The van der Waals surface area contributed by atoms with Crippen molar-refractivity contribution in [2.24, 2.45) is 0 Å². The molecule has 0 radical (unpaired) electrons. The van der Waals surface area contributed by atoms with Gasteiger partial charge in [-0.25, -0.2) is 4.98 Å². The zero-order valence-electron chi connectivity index (χ0n) is 14.4. The highest BCUT2D eigenvalue weighted by Crippen LogP contribution is 2.13. The minimum atomic E-state index is 0.977. The molecule has 23 heavy (non-hydrogen) atoms. The van der Waals surface area contributed by atoms with Gasteiger partial charge in [0.25, 0.3) is 0 Å². The SMILES string of the molecule is CCCn1ccnc1CN1CCN(Cc2ccccc2C)CC1. The zero-order valence-corrected chi connectivity index (χ0v) is 14.4.